The Morgan fingerprint density at radius 2 is 1.90 bits per heavy atom. The molecule has 0 radical (unpaired) electrons. The molecule has 0 fully saturated rings. The maximum absolute atomic E-state index is 13.5. The topological polar surface area (TPSA) is 58.7 Å². The van der Waals surface area contributed by atoms with Crippen LogP contribution in [-0.4, -0.2) is 9.55 Å². The Morgan fingerprint density at radius 1 is 1.17 bits per heavy atom. The van der Waals surface area contributed by atoms with Crippen molar-refractivity contribution in [1.29, 1.82) is 5.26 Å². The summed E-state index contributed by atoms with van der Waals surface area (Å²) in [5, 5.41) is 9.26. The van der Waals surface area contributed by atoms with Gasteiger partial charge in [0.2, 0.25) is 0 Å². The van der Waals surface area contributed by atoms with Crippen molar-refractivity contribution in [3.63, 3.8) is 0 Å². The molecule has 4 nitrogen and oxygen atoms in total. The van der Waals surface area contributed by atoms with Crippen LogP contribution in [0.5, 0.6) is 0 Å². The van der Waals surface area contributed by atoms with E-state index < -0.39 is 22.9 Å². The molecule has 0 N–H and O–H groups in total. The van der Waals surface area contributed by atoms with Crippen LogP contribution >= 0.6 is 15.9 Å². The molecule has 29 heavy (non-hydrogen) atoms. The second-order valence-corrected chi connectivity index (χ2v) is 7.41. The molecule has 0 atom stereocenters. The highest BCUT2D eigenvalue weighted by molar-refractivity contribution is 9.10. The monoisotopic (exact) mass is 461 g/mol. The summed E-state index contributed by atoms with van der Waals surface area (Å²) in [4.78, 5) is 17.1. The van der Waals surface area contributed by atoms with Crippen LogP contribution in [0.15, 0.2) is 51.9 Å². The van der Waals surface area contributed by atoms with Gasteiger partial charge in [0, 0.05) is 0 Å². The standard InChI is InChI=1S/C21H15BrF3N3O/c1-12-6-7-14(13(2)8-12)11-28-18(17-4-3-5-19(22)27-17)9-16(21(23,24)25)15(10-26)20(28)29/h3-9H,11H2,1-2H3. The Hall–Kier alpha value is -2.92. The number of hydrogen-bond acceptors (Lipinski definition) is 3. The number of rotatable bonds is 3. The molecule has 2 heterocycles. The van der Waals surface area contributed by atoms with Gasteiger partial charge in [-0.3, -0.25) is 4.79 Å². The Balaban J connectivity index is 2.33. The number of hydrogen-bond donors (Lipinski definition) is 0. The second kappa shape index (κ2) is 7.84. The SMILES string of the molecule is Cc1ccc(Cn2c(-c3cccc(Br)n3)cc(C(F)(F)F)c(C#N)c2=O)c(C)c1. The van der Waals surface area contributed by atoms with E-state index in [1.54, 1.807) is 12.1 Å². The van der Waals surface area contributed by atoms with Crippen molar-refractivity contribution in [3.8, 4) is 17.5 Å². The molecule has 3 rings (SSSR count). The van der Waals surface area contributed by atoms with E-state index in [1.165, 1.54) is 16.7 Å². The van der Waals surface area contributed by atoms with Crippen LogP contribution in [0.25, 0.3) is 11.4 Å². The van der Waals surface area contributed by atoms with Gasteiger partial charge in [-0.15, -0.1) is 0 Å². The summed E-state index contributed by atoms with van der Waals surface area (Å²) in [7, 11) is 0. The summed E-state index contributed by atoms with van der Waals surface area (Å²) in [5.41, 5.74) is -0.337. The van der Waals surface area contributed by atoms with Crippen molar-refractivity contribution in [1.82, 2.24) is 9.55 Å². The zero-order valence-electron chi connectivity index (χ0n) is 15.5. The van der Waals surface area contributed by atoms with Crippen LogP contribution in [0.4, 0.5) is 13.2 Å². The zero-order valence-corrected chi connectivity index (χ0v) is 17.1. The third-order valence-electron chi connectivity index (χ3n) is 4.52. The van der Waals surface area contributed by atoms with Crippen LogP contribution in [0.3, 0.4) is 0 Å². The van der Waals surface area contributed by atoms with Gasteiger partial charge in [-0.05, 0) is 59.1 Å². The van der Waals surface area contributed by atoms with Crippen molar-refractivity contribution in [3.05, 3.63) is 85.2 Å². The number of alkyl halides is 3. The summed E-state index contributed by atoms with van der Waals surface area (Å²) in [6.07, 6.45) is -4.84. The normalized spacial score (nSPS) is 11.3. The molecule has 148 valence electrons. The lowest BCUT2D eigenvalue weighted by Crippen LogP contribution is -2.29. The van der Waals surface area contributed by atoms with Gasteiger partial charge in [-0.25, -0.2) is 4.98 Å². The fraction of sp³-hybridized carbons (Fsp3) is 0.190. The number of aryl methyl sites for hydroxylation is 2. The predicted octanol–water partition coefficient (Wildman–Crippen LogP) is 5.23. The van der Waals surface area contributed by atoms with Gasteiger partial charge in [0.05, 0.1) is 23.5 Å². The lowest BCUT2D eigenvalue weighted by Gasteiger charge is -2.18. The number of pyridine rings is 2. The Bertz CT molecular complexity index is 1190. The lowest BCUT2D eigenvalue weighted by atomic mass is 10.0. The maximum Gasteiger partial charge on any atom is 0.417 e. The number of benzene rings is 1. The average Bonchev–Trinajstić information content (AvgIpc) is 2.64. The molecule has 2 aromatic heterocycles. The maximum atomic E-state index is 13.5. The second-order valence-electron chi connectivity index (χ2n) is 6.59. The van der Waals surface area contributed by atoms with E-state index >= 15 is 0 Å². The van der Waals surface area contributed by atoms with Crippen molar-refractivity contribution in [2.75, 3.05) is 0 Å². The fourth-order valence-electron chi connectivity index (χ4n) is 3.09. The van der Waals surface area contributed by atoms with E-state index in [1.807, 2.05) is 32.0 Å². The Morgan fingerprint density at radius 3 is 2.48 bits per heavy atom. The minimum atomic E-state index is -4.84. The molecule has 0 unspecified atom stereocenters. The third-order valence-corrected chi connectivity index (χ3v) is 4.96. The Kier molecular flexibility index (Phi) is 5.62. The number of nitriles is 1. The van der Waals surface area contributed by atoms with E-state index in [4.69, 9.17) is 0 Å². The van der Waals surface area contributed by atoms with Crippen LogP contribution < -0.4 is 5.56 Å². The summed E-state index contributed by atoms with van der Waals surface area (Å²) in [6.45, 7) is 3.80. The zero-order chi connectivity index (χ0) is 21.3. The molecule has 3 aromatic rings. The van der Waals surface area contributed by atoms with Gasteiger partial charge in [-0.2, -0.15) is 18.4 Å². The fourth-order valence-corrected chi connectivity index (χ4v) is 3.44. The molecule has 0 aliphatic heterocycles. The third kappa shape index (κ3) is 4.25. The molecule has 0 spiro atoms. The van der Waals surface area contributed by atoms with Crippen LogP contribution in [0.1, 0.15) is 27.8 Å². The summed E-state index contributed by atoms with van der Waals surface area (Å²) < 4.78 is 42.2. The van der Waals surface area contributed by atoms with Crippen molar-refractivity contribution in [2.45, 2.75) is 26.6 Å². The van der Waals surface area contributed by atoms with E-state index in [-0.39, 0.29) is 17.9 Å². The predicted molar refractivity (Wildman–Crippen MR) is 106 cm³/mol. The van der Waals surface area contributed by atoms with Gasteiger partial charge in [0.1, 0.15) is 16.2 Å². The molecule has 0 aliphatic rings. The van der Waals surface area contributed by atoms with Crippen molar-refractivity contribution >= 4 is 15.9 Å². The van der Waals surface area contributed by atoms with E-state index in [2.05, 4.69) is 20.9 Å². The van der Waals surface area contributed by atoms with Gasteiger partial charge < -0.3 is 4.57 Å². The molecule has 8 heteroatoms. The van der Waals surface area contributed by atoms with Crippen molar-refractivity contribution < 1.29 is 13.2 Å². The van der Waals surface area contributed by atoms with Crippen LogP contribution in [0.2, 0.25) is 0 Å². The van der Waals surface area contributed by atoms with Crippen molar-refractivity contribution in [2.24, 2.45) is 0 Å². The van der Waals surface area contributed by atoms with Gasteiger partial charge >= 0.3 is 6.18 Å². The quantitative estimate of drug-likeness (QED) is 0.501. The van der Waals surface area contributed by atoms with Crippen LogP contribution in [-0.2, 0) is 12.7 Å². The molecule has 0 bridgehead atoms. The molecular formula is C21H15BrF3N3O. The molecule has 0 saturated heterocycles. The number of aromatic nitrogens is 2. The average molecular weight is 462 g/mol. The van der Waals surface area contributed by atoms with E-state index in [0.717, 1.165) is 22.8 Å². The van der Waals surface area contributed by atoms with E-state index in [9.17, 15) is 23.2 Å². The summed E-state index contributed by atoms with van der Waals surface area (Å²) >= 11 is 3.20. The molecule has 0 amide bonds. The first-order valence-electron chi connectivity index (χ1n) is 8.56. The molecule has 1 aromatic carbocycles. The smallest absolute Gasteiger partial charge is 0.301 e. The summed E-state index contributed by atoms with van der Waals surface area (Å²) in [6, 6.07) is 12.6. The molecule has 0 saturated carbocycles. The molecular weight excluding hydrogens is 447 g/mol. The Labute approximate surface area is 173 Å². The highest BCUT2D eigenvalue weighted by Gasteiger charge is 2.36. The highest BCUT2D eigenvalue weighted by Crippen LogP contribution is 2.33. The van der Waals surface area contributed by atoms with Crippen LogP contribution in [0, 0.1) is 25.2 Å². The highest BCUT2D eigenvalue weighted by atomic mass is 79.9. The summed E-state index contributed by atoms with van der Waals surface area (Å²) in [5.74, 6) is 0. The first kappa shape index (κ1) is 20.8. The van der Waals surface area contributed by atoms with Gasteiger partial charge in [-0.1, -0.05) is 29.8 Å². The first-order chi connectivity index (χ1) is 13.6. The number of nitrogens with zero attached hydrogens (tertiary/aromatic N) is 3. The minimum Gasteiger partial charge on any atom is -0.301 e. The first-order valence-corrected chi connectivity index (χ1v) is 9.35. The lowest BCUT2D eigenvalue weighted by molar-refractivity contribution is -0.137. The largest absolute Gasteiger partial charge is 0.417 e. The number of halogens is 4. The molecule has 0 aliphatic carbocycles. The van der Waals surface area contributed by atoms with Gasteiger partial charge in [0.15, 0.2) is 0 Å². The van der Waals surface area contributed by atoms with E-state index in [0.29, 0.717) is 4.60 Å². The van der Waals surface area contributed by atoms with Gasteiger partial charge in [0.25, 0.3) is 5.56 Å². The minimum absolute atomic E-state index is 0.0115.